The van der Waals surface area contributed by atoms with Gasteiger partial charge in [-0.25, -0.2) is 4.39 Å². The Kier molecular flexibility index (Phi) is 4.31. The summed E-state index contributed by atoms with van der Waals surface area (Å²) < 4.78 is 14.3. The molecule has 2 fully saturated rings. The Morgan fingerprint density at radius 1 is 1.35 bits per heavy atom. The zero-order chi connectivity index (χ0) is 16.6. The minimum atomic E-state index is -0.798. The van der Waals surface area contributed by atoms with E-state index in [1.807, 2.05) is 0 Å². The van der Waals surface area contributed by atoms with Gasteiger partial charge < -0.3 is 14.8 Å². The summed E-state index contributed by atoms with van der Waals surface area (Å²) in [6, 6.07) is 5.45. The van der Waals surface area contributed by atoms with Crippen molar-refractivity contribution in [3.05, 3.63) is 47.9 Å². The lowest BCUT2D eigenvalue weighted by molar-refractivity contribution is -0.127. The Balaban J connectivity index is 1.98. The maximum Gasteiger partial charge on any atom is 0.162 e. The van der Waals surface area contributed by atoms with Crippen LogP contribution in [-0.2, 0) is 9.59 Å². The van der Waals surface area contributed by atoms with Gasteiger partial charge in [0.2, 0.25) is 0 Å². The molecule has 1 saturated heterocycles. The third-order valence-electron chi connectivity index (χ3n) is 4.74. The van der Waals surface area contributed by atoms with Crippen molar-refractivity contribution in [3.63, 3.8) is 0 Å². The van der Waals surface area contributed by atoms with Gasteiger partial charge in [0.05, 0.1) is 12.0 Å². The van der Waals surface area contributed by atoms with E-state index in [1.54, 1.807) is 23.1 Å². The fourth-order valence-corrected chi connectivity index (χ4v) is 3.23. The van der Waals surface area contributed by atoms with Gasteiger partial charge in [-0.05, 0) is 25.3 Å². The van der Waals surface area contributed by atoms with Gasteiger partial charge in [-0.3, -0.25) is 4.79 Å². The average molecular weight is 317 g/mol. The molecule has 1 aliphatic heterocycles. The monoisotopic (exact) mass is 317 g/mol. The fourth-order valence-electron chi connectivity index (χ4n) is 3.23. The highest BCUT2D eigenvalue weighted by Gasteiger charge is 2.43. The first-order valence-corrected chi connectivity index (χ1v) is 7.91. The molecule has 1 heterocycles. The van der Waals surface area contributed by atoms with Crippen LogP contribution in [-0.4, -0.2) is 34.7 Å². The molecule has 0 spiro atoms. The number of aliphatic hydroxyl groups is 1. The SMILES string of the molecule is C=C1C(C=O)C(O)CCN1C(C(=O)C1CC1)c1ccccc1F. The van der Waals surface area contributed by atoms with Crippen LogP contribution in [0.25, 0.3) is 0 Å². The van der Waals surface area contributed by atoms with E-state index in [4.69, 9.17) is 0 Å². The quantitative estimate of drug-likeness (QED) is 0.846. The summed E-state index contributed by atoms with van der Waals surface area (Å²) in [5.41, 5.74) is 0.701. The number of nitrogens with zero attached hydrogens (tertiary/aromatic N) is 1. The topological polar surface area (TPSA) is 57.6 Å². The second kappa shape index (κ2) is 6.24. The van der Waals surface area contributed by atoms with Crippen LogP contribution in [0.5, 0.6) is 0 Å². The summed E-state index contributed by atoms with van der Waals surface area (Å²) in [5, 5.41) is 9.95. The summed E-state index contributed by atoms with van der Waals surface area (Å²) in [7, 11) is 0. The van der Waals surface area contributed by atoms with Crippen LogP contribution in [0.15, 0.2) is 36.5 Å². The second-order valence-corrected chi connectivity index (χ2v) is 6.30. The molecule has 1 aromatic carbocycles. The Labute approximate surface area is 134 Å². The first-order chi connectivity index (χ1) is 11.0. The Bertz CT molecular complexity index is 641. The van der Waals surface area contributed by atoms with Crippen molar-refractivity contribution in [2.75, 3.05) is 6.54 Å². The first kappa shape index (κ1) is 15.9. The summed E-state index contributed by atoms with van der Waals surface area (Å²) >= 11 is 0. The molecule has 1 aliphatic carbocycles. The molecular formula is C18H20FNO3. The van der Waals surface area contributed by atoms with Crippen LogP contribution in [0.1, 0.15) is 30.9 Å². The summed E-state index contributed by atoms with van der Waals surface area (Å²) in [4.78, 5) is 25.7. The lowest BCUT2D eigenvalue weighted by Gasteiger charge is -2.42. The standard InChI is InChI=1S/C18H20FNO3/c1-11-14(10-21)16(22)8-9-20(11)17(18(23)12-6-7-12)13-4-2-3-5-15(13)19/h2-5,10,12,14,16-17,22H,1,6-9H2. The Morgan fingerprint density at radius 2 is 2.04 bits per heavy atom. The van der Waals surface area contributed by atoms with E-state index in [0.29, 0.717) is 30.5 Å². The maximum atomic E-state index is 14.3. The van der Waals surface area contributed by atoms with Crippen LogP contribution in [0.2, 0.25) is 0 Å². The predicted molar refractivity (Wildman–Crippen MR) is 82.9 cm³/mol. The van der Waals surface area contributed by atoms with Crippen molar-refractivity contribution in [1.29, 1.82) is 0 Å². The highest BCUT2D eigenvalue weighted by Crippen LogP contribution is 2.41. The van der Waals surface area contributed by atoms with Crippen LogP contribution in [0.4, 0.5) is 4.39 Å². The van der Waals surface area contributed by atoms with Crippen molar-refractivity contribution >= 4 is 12.1 Å². The van der Waals surface area contributed by atoms with E-state index in [0.717, 1.165) is 12.8 Å². The van der Waals surface area contributed by atoms with Gasteiger partial charge in [-0.15, -0.1) is 0 Å². The zero-order valence-corrected chi connectivity index (χ0v) is 12.8. The van der Waals surface area contributed by atoms with Gasteiger partial charge in [0, 0.05) is 23.7 Å². The first-order valence-electron chi connectivity index (χ1n) is 7.91. The van der Waals surface area contributed by atoms with Gasteiger partial charge in [-0.1, -0.05) is 24.8 Å². The number of Topliss-reactive ketones (excluding diaryl/α,β-unsaturated/α-hetero) is 1. The minimum absolute atomic E-state index is 0.0303. The number of carbonyl (C=O) groups is 2. The summed E-state index contributed by atoms with van der Waals surface area (Å²) in [6.45, 7) is 4.27. The molecule has 3 unspecified atom stereocenters. The molecule has 122 valence electrons. The number of aliphatic hydroxyl groups excluding tert-OH is 1. The third-order valence-corrected chi connectivity index (χ3v) is 4.74. The van der Waals surface area contributed by atoms with Gasteiger partial charge in [-0.2, -0.15) is 0 Å². The van der Waals surface area contributed by atoms with Crippen molar-refractivity contribution in [2.45, 2.75) is 31.4 Å². The normalized spacial score (nSPS) is 26.0. The van der Waals surface area contributed by atoms with Gasteiger partial charge in [0.1, 0.15) is 18.1 Å². The summed E-state index contributed by atoms with van der Waals surface area (Å²) in [6.07, 6.45) is 1.85. The van der Waals surface area contributed by atoms with E-state index in [9.17, 15) is 19.1 Å². The van der Waals surface area contributed by atoms with Crippen LogP contribution < -0.4 is 0 Å². The highest BCUT2D eigenvalue weighted by molar-refractivity contribution is 5.89. The Hall–Kier alpha value is -2.01. The molecule has 2 aliphatic rings. The molecule has 1 N–H and O–H groups in total. The molecule has 0 amide bonds. The zero-order valence-electron chi connectivity index (χ0n) is 12.8. The molecule has 3 rings (SSSR count). The van der Waals surface area contributed by atoms with E-state index in [-0.39, 0.29) is 11.7 Å². The molecule has 0 radical (unpaired) electrons. The number of hydrogen-bond donors (Lipinski definition) is 1. The van der Waals surface area contributed by atoms with Crippen molar-refractivity contribution in [1.82, 2.24) is 4.90 Å². The molecule has 3 atom stereocenters. The molecule has 1 saturated carbocycles. The average Bonchev–Trinajstić information content (AvgIpc) is 3.36. The van der Waals surface area contributed by atoms with E-state index < -0.39 is 23.9 Å². The predicted octanol–water partition coefficient (Wildman–Crippen LogP) is 2.24. The molecular weight excluding hydrogens is 297 g/mol. The number of piperidine rings is 1. The van der Waals surface area contributed by atoms with Crippen molar-refractivity contribution in [3.8, 4) is 0 Å². The van der Waals surface area contributed by atoms with Crippen molar-refractivity contribution < 1.29 is 19.1 Å². The Morgan fingerprint density at radius 3 is 2.65 bits per heavy atom. The third kappa shape index (κ3) is 2.93. The number of ketones is 1. The number of likely N-dealkylation sites (tertiary alicyclic amines) is 1. The number of hydrogen-bond acceptors (Lipinski definition) is 4. The smallest absolute Gasteiger partial charge is 0.162 e. The van der Waals surface area contributed by atoms with Crippen LogP contribution in [0, 0.1) is 17.7 Å². The van der Waals surface area contributed by atoms with Crippen molar-refractivity contribution in [2.24, 2.45) is 11.8 Å². The molecule has 23 heavy (non-hydrogen) atoms. The lowest BCUT2D eigenvalue weighted by Crippen LogP contribution is -2.45. The largest absolute Gasteiger partial charge is 0.392 e. The number of carbonyl (C=O) groups excluding carboxylic acids is 2. The number of halogens is 1. The minimum Gasteiger partial charge on any atom is -0.392 e. The number of rotatable bonds is 5. The number of benzene rings is 1. The maximum absolute atomic E-state index is 14.3. The number of aldehydes is 1. The fraction of sp³-hybridized carbons (Fsp3) is 0.444. The van der Waals surface area contributed by atoms with E-state index in [1.165, 1.54) is 6.07 Å². The highest BCUT2D eigenvalue weighted by atomic mass is 19.1. The second-order valence-electron chi connectivity index (χ2n) is 6.30. The molecule has 5 heteroatoms. The van der Waals surface area contributed by atoms with E-state index >= 15 is 0 Å². The van der Waals surface area contributed by atoms with E-state index in [2.05, 4.69) is 6.58 Å². The van der Waals surface area contributed by atoms with Crippen LogP contribution in [0.3, 0.4) is 0 Å². The molecule has 0 aromatic heterocycles. The lowest BCUT2D eigenvalue weighted by atomic mass is 9.88. The molecule has 0 bridgehead atoms. The summed E-state index contributed by atoms with van der Waals surface area (Å²) in [5.74, 6) is -1.26. The molecule has 1 aromatic rings. The molecule has 4 nitrogen and oxygen atoms in total. The van der Waals surface area contributed by atoms with Gasteiger partial charge in [0.15, 0.2) is 5.78 Å². The van der Waals surface area contributed by atoms with Crippen LogP contribution >= 0.6 is 0 Å². The van der Waals surface area contributed by atoms with Gasteiger partial charge in [0.25, 0.3) is 0 Å². The van der Waals surface area contributed by atoms with Gasteiger partial charge >= 0.3 is 0 Å².